The Balaban J connectivity index is 1.46. The van der Waals surface area contributed by atoms with Crippen LogP contribution in [0.4, 0.5) is 5.69 Å². The summed E-state index contributed by atoms with van der Waals surface area (Å²) in [6.07, 6.45) is 2.11. The first-order valence-corrected chi connectivity index (χ1v) is 12.6. The summed E-state index contributed by atoms with van der Waals surface area (Å²) in [4.78, 5) is 16.7. The fourth-order valence-corrected chi connectivity index (χ4v) is 6.44. The van der Waals surface area contributed by atoms with E-state index in [1.54, 1.807) is 29.5 Å². The molecule has 162 valence electrons. The summed E-state index contributed by atoms with van der Waals surface area (Å²) in [5.41, 5.74) is 0.494. The van der Waals surface area contributed by atoms with Crippen LogP contribution in [0.3, 0.4) is 0 Å². The van der Waals surface area contributed by atoms with Gasteiger partial charge in [0.2, 0.25) is 15.9 Å². The van der Waals surface area contributed by atoms with Crippen molar-refractivity contribution < 1.29 is 17.9 Å². The molecule has 7 nitrogen and oxygen atoms in total. The Kier molecular flexibility index (Phi) is 6.54. The molecule has 0 saturated carbocycles. The Labute approximate surface area is 181 Å². The number of ether oxygens (including phenoxy) is 1. The molecule has 2 atom stereocenters. The van der Waals surface area contributed by atoms with Gasteiger partial charge in [0.05, 0.1) is 24.2 Å². The van der Waals surface area contributed by atoms with Crippen molar-refractivity contribution in [3.8, 4) is 0 Å². The molecule has 3 heterocycles. The van der Waals surface area contributed by atoms with Gasteiger partial charge in [-0.15, -0.1) is 11.3 Å². The largest absolute Gasteiger partial charge is 0.379 e. The van der Waals surface area contributed by atoms with Crippen molar-refractivity contribution >= 4 is 33.0 Å². The van der Waals surface area contributed by atoms with Crippen LogP contribution in [-0.2, 0) is 19.6 Å². The first-order chi connectivity index (χ1) is 14.5. The number of carbonyl (C=O) groups excluding carboxylic acids is 1. The Hall–Kier alpha value is -1.78. The summed E-state index contributed by atoms with van der Waals surface area (Å²) in [5, 5.41) is 4.98. The molecule has 4 rings (SSSR count). The predicted octanol–water partition coefficient (Wildman–Crippen LogP) is 2.93. The Bertz CT molecular complexity index is 972. The fraction of sp³-hybridized carbons (Fsp3) is 0.476. The summed E-state index contributed by atoms with van der Waals surface area (Å²) >= 11 is 1.72. The van der Waals surface area contributed by atoms with Crippen molar-refractivity contribution in [2.24, 2.45) is 0 Å². The van der Waals surface area contributed by atoms with Gasteiger partial charge in [-0.1, -0.05) is 12.1 Å². The van der Waals surface area contributed by atoms with E-state index in [4.69, 9.17) is 4.74 Å². The third-order valence-corrected chi connectivity index (χ3v) is 8.62. The van der Waals surface area contributed by atoms with Gasteiger partial charge in [-0.05, 0) is 56.0 Å². The molecule has 0 unspecified atom stereocenters. The van der Waals surface area contributed by atoms with Gasteiger partial charge in [-0.2, -0.15) is 4.31 Å². The highest BCUT2D eigenvalue weighted by Crippen LogP contribution is 2.36. The highest BCUT2D eigenvalue weighted by Gasteiger charge is 2.33. The average Bonchev–Trinajstić information content (AvgIpc) is 3.45. The maximum atomic E-state index is 13.0. The monoisotopic (exact) mass is 449 g/mol. The number of rotatable bonds is 6. The molecule has 1 N–H and O–H groups in total. The second-order valence-electron chi connectivity index (χ2n) is 7.62. The number of thiophene rings is 1. The minimum Gasteiger partial charge on any atom is -0.379 e. The van der Waals surface area contributed by atoms with Gasteiger partial charge in [0.15, 0.2) is 0 Å². The first-order valence-electron chi connectivity index (χ1n) is 10.2. The topological polar surface area (TPSA) is 79.0 Å². The lowest BCUT2D eigenvalue weighted by Crippen LogP contribution is -2.41. The normalized spacial score (nSPS) is 22.1. The van der Waals surface area contributed by atoms with E-state index in [1.165, 1.54) is 15.2 Å². The molecule has 2 aliphatic heterocycles. The Morgan fingerprint density at radius 1 is 1.20 bits per heavy atom. The number of hydrogen-bond acceptors (Lipinski definition) is 6. The smallest absolute Gasteiger partial charge is 0.243 e. The van der Waals surface area contributed by atoms with E-state index in [1.807, 2.05) is 13.0 Å². The van der Waals surface area contributed by atoms with E-state index in [2.05, 4.69) is 21.7 Å². The molecule has 1 aromatic carbocycles. The van der Waals surface area contributed by atoms with Crippen LogP contribution in [-0.4, -0.2) is 62.4 Å². The molecule has 30 heavy (non-hydrogen) atoms. The lowest BCUT2D eigenvalue weighted by Gasteiger charge is -2.29. The molecule has 0 bridgehead atoms. The highest BCUT2D eigenvalue weighted by atomic mass is 32.2. The van der Waals surface area contributed by atoms with Crippen molar-refractivity contribution in [3.63, 3.8) is 0 Å². The van der Waals surface area contributed by atoms with E-state index in [0.717, 1.165) is 19.4 Å². The van der Waals surface area contributed by atoms with E-state index in [0.29, 0.717) is 32.0 Å². The lowest BCUT2D eigenvalue weighted by atomic mass is 10.1. The number of morpholine rings is 1. The van der Waals surface area contributed by atoms with Gasteiger partial charge < -0.3 is 10.1 Å². The summed E-state index contributed by atoms with van der Waals surface area (Å²) in [7, 11) is -3.60. The quantitative estimate of drug-likeness (QED) is 0.734. The van der Waals surface area contributed by atoms with Crippen LogP contribution < -0.4 is 5.32 Å². The summed E-state index contributed by atoms with van der Waals surface area (Å²) in [6.45, 7) is 4.27. The zero-order chi connectivity index (χ0) is 21.1. The van der Waals surface area contributed by atoms with Crippen molar-refractivity contribution in [2.45, 2.75) is 36.7 Å². The second-order valence-corrected chi connectivity index (χ2v) is 10.5. The molecule has 0 spiro atoms. The minimum atomic E-state index is -3.60. The average molecular weight is 450 g/mol. The molecule has 2 aromatic rings. The van der Waals surface area contributed by atoms with Gasteiger partial charge in [0, 0.05) is 29.7 Å². The zero-order valence-electron chi connectivity index (χ0n) is 17.0. The summed E-state index contributed by atoms with van der Waals surface area (Å²) in [6, 6.07) is 10.6. The van der Waals surface area contributed by atoms with Crippen LogP contribution in [0.5, 0.6) is 0 Å². The van der Waals surface area contributed by atoms with Gasteiger partial charge >= 0.3 is 0 Å². The molecule has 0 radical (unpaired) electrons. The number of sulfonamides is 1. The molecule has 1 amide bonds. The van der Waals surface area contributed by atoms with E-state index < -0.39 is 10.0 Å². The maximum Gasteiger partial charge on any atom is 0.243 e. The number of nitrogens with one attached hydrogen (secondary N) is 1. The molecule has 0 aliphatic carbocycles. The van der Waals surface area contributed by atoms with Crippen LogP contribution in [0.25, 0.3) is 0 Å². The van der Waals surface area contributed by atoms with E-state index in [-0.39, 0.29) is 22.9 Å². The number of carbonyl (C=O) groups is 1. The van der Waals surface area contributed by atoms with Gasteiger partial charge in [0.25, 0.3) is 0 Å². The van der Waals surface area contributed by atoms with Crippen molar-refractivity contribution in [2.75, 3.05) is 38.2 Å². The van der Waals surface area contributed by atoms with Crippen LogP contribution in [0, 0.1) is 0 Å². The zero-order valence-corrected chi connectivity index (χ0v) is 18.6. The number of likely N-dealkylation sites (tertiary alicyclic amines) is 1. The van der Waals surface area contributed by atoms with Crippen LogP contribution in [0.15, 0.2) is 46.7 Å². The molecule has 2 saturated heterocycles. The SMILES string of the molecule is C[C@H](C(=O)Nc1cccc(S(=O)(=O)N2CCOCC2)c1)N1CCC[C@@H]1c1cccs1. The lowest BCUT2D eigenvalue weighted by molar-refractivity contribution is -0.121. The van der Waals surface area contributed by atoms with Crippen LogP contribution in [0.1, 0.15) is 30.7 Å². The Morgan fingerprint density at radius 3 is 2.73 bits per heavy atom. The summed E-state index contributed by atoms with van der Waals surface area (Å²) < 4.78 is 32.5. The number of hydrogen-bond donors (Lipinski definition) is 1. The van der Waals surface area contributed by atoms with Crippen molar-refractivity contribution in [1.82, 2.24) is 9.21 Å². The molecule has 2 aliphatic rings. The molecule has 2 fully saturated rings. The molecule has 9 heteroatoms. The summed E-state index contributed by atoms with van der Waals surface area (Å²) in [5.74, 6) is -0.126. The van der Waals surface area contributed by atoms with Crippen LogP contribution >= 0.6 is 11.3 Å². The molecule has 1 aromatic heterocycles. The molecular formula is C21H27N3O4S2. The number of benzene rings is 1. The van der Waals surface area contributed by atoms with E-state index >= 15 is 0 Å². The fourth-order valence-electron chi connectivity index (χ4n) is 4.11. The number of anilines is 1. The number of nitrogens with zero attached hydrogens (tertiary/aromatic N) is 2. The third kappa shape index (κ3) is 4.45. The van der Waals surface area contributed by atoms with Crippen LogP contribution in [0.2, 0.25) is 0 Å². The minimum absolute atomic E-state index is 0.126. The van der Waals surface area contributed by atoms with Gasteiger partial charge in [-0.25, -0.2) is 8.42 Å². The third-order valence-electron chi connectivity index (χ3n) is 5.75. The highest BCUT2D eigenvalue weighted by molar-refractivity contribution is 7.89. The van der Waals surface area contributed by atoms with Crippen molar-refractivity contribution in [1.29, 1.82) is 0 Å². The first kappa shape index (κ1) is 21.5. The second kappa shape index (κ2) is 9.15. The van der Waals surface area contributed by atoms with Crippen molar-refractivity contribution in [3.05, 3.63) is 46.7 Å². The maximum absolute atomic E-state index is 13.0. The number of amides is 1. The standard InChI is InChI=1S/C21H27N3O4S2/c1-16(24-9-3-7-19(24)20-8-4-14-29-20)21(25)22-17-5-2-6-18(15-17)30(26,27)23-10-12-28-13-11-23/h2,4-6,8,14-16,19H,3,7,9-13H2,1H3,(H,22,25)/t16-,19-/m1/s1. The Morgan fingerprint density at radius 2 is 2.00 bits per heavy atom. The van der Waals surface area contributed by atoms with Gasteiger partial charge in [-0.3, -0.25) is 9.69 Å². The molecular weight excluding hydrogens is 422 g/mol. The predicted molar refractivity (Wildman–Crippen MR) is 117 cm³/mol. The van der Waals surface area contributed by atoms with Gasteiger partial charge in [0.1, 0.15) is 0 Å². The van der Waals surface area contributed by atoms with E-state index in [9.17, 15) is 13.2 Å².